The molecule has 0 N–H and O–H groups in total. The van der Waals surface area contributed by atoms with Gasteiger partial charge >= 0.3 is 0 Å². The second-order valence-corrected chi connectivity index (χ2v) is 3.53. The molecule has 0 saturated carbocycles. The van der Waals surface area contributed by atoms with Crippen molar-refractivity contribution in [3.8, 4) is 0 Å². The summed E-state index contributed by atoms with van der Waals surface area (Å²) in [6.07, 6.45) is 5.55. The fourth-order valence-corrected chi connectivity index (χ4v) is 1.88. The Kier molecular flexibility index (Phi) is 2.72. The van der Waals surface area contributed by atoms with Crippen molar-refractivity contribution in [1.29, 1.82) is 0 Å². The summed E-state index contributed by atoms with van der Waals surface area (Å²) in [4.78, 5) is 2.53. The summed E-state index contributed by atoms with van der Waals surface area (Å²) < 4.78 is 0. The van der Waals surface area contributed by atoms with E-state index in [2.05, 4.69) is 25.8 Å². The van der Waals surface area contributed by atoms with Crippen molar-refractivity contribution < 1.29 is 0 Å². The van der Waals surface area contributed by atoms with Gasteiger partial charge in [0.1, 0.15) is 0 Å². The molecular weight excluding hydrogens is 122 g/mol. The highest BCUT2D eigenvalue weighted by Gasteiger charge is 2.25. The van der Waals surface area contributed by atoms with Gasteiger partial charge in [0.2, 0.25) is 0 Å². The molecule has 1 aliphatic rings. The number of nitrogens with zero attached hydrogens (tertiary/aromatic N) is 1. The monoisotopic (exact) mass is 141 g/mol. The van der Waals surface area contributed by atoms with Crippen LogP contribution in [0.3, 0.4) is 0 Å². The van der Waals surface area contributed by atoms with Gasteiger partial charge in [-0.3, -0.25) is 0 Å². The fourth-order valence-electron chi connectivity index (χ4n) is 1.88. The molecule has 1 saturated heterocycles. The van der Waals surface area contributed by atoms with Gasteiger partial charge in [0, 0.05) is 12.1 Å². The molecular formula is C9H19N. The van der Waals surface area contributed by atoms with Crippen molar-refractivity contribution in [2.75, 3.05) is 7.05 Å². The molecule has 0 aromatic rings. The molecule has 0 bridgehead atoms. The Morgan fingerprint density at radius 2 is 2.10 bits per heavy atom. The minimum absolute atomic E-state index is 0.830. The quantitative estimate of drug-likeness (QED) is 0.570. The average Bonchev–Trinajstić information content (AvgIpc) is 2.20. The smallest absolute Gasteiger partial charge is 0.00955 e. The molecule has 0 aromatic heterocycles. The van der Waals surface area contributed by atoms with E-state index in [1.165, 1.54) is 25.7 Å². The summed E-state index contributed by atoms with van der Waals surface area (Å²) in [5.74, 6) is 0. The summed E-state index contributed by atoms with van der Waals surface area (Å²) in [6.45, 7) is 4.60. The summed E-state index contributed by atoms with van der Waals surface area (Å²) >= 11 is 0. The molecule has 1 heteroatoms. The van der Waals surface area contributed by atoms with E-state index in [1.54, 1.807) is 0 Å². The lowest BCUT2D eigenvalue weighted by Crippen LogP contribution is -2.29. The standard InChI is InChI=1S/C9H19N/c1-4-5-9-7-6-8(2)10(9)3/h8-9H,4-7H2,1-3H3. The second-order valence-electron chi connectivity index (χ2n) is 3.53. The molecule has 2 unspecified atom stereocenters. The molecule has 60 valence electrons. The van der Waals surface area contributed by atoms with Crippen molar-refractivity contribution in [3.05, 3.63) is 0 Å². The van der Waals surface area contributed by atoms with Gasteiger partial charge < -0.3 is 4.90 Å². The highest BCUT2D eigenvalue weighted by atomic mass is 15.2. The van der Waals surface area contributed by atoms with Crippen LogP contribution in [0.5, 0.6) is 0 Å². The van der Waals surface area contributed by atoms with Gasteiger partial charge in [-0.2, -0.15) is 0 Å². The van der Waals surface area contributed by atoms with Crippen LogP contribution in [0.15, 0.2) is 0 Å². The van der Waals surface area contributed by atoms with Crippen LogP contribution in [-0.4, -0.2) is 24.0 Å². The highest BCUT2D eigenvalue weighted by molar-refractivity contribution is 4.81. The highest BCUT2D eigenvalue weighted by Crippen LogP contribution is 2.24. The van der Waals surface area contributed by atoms with Crippen molar-refractivity contribution in [2.24, 2.45) is 0 Å². The zero-order valence-electron chi connectivity index (χ0n) is 7.43. The topological polar surface area (TPSA) is 3.24 Å². The van der Waals surface area contributed by atoms with Gasteiger partial charge in [-0.15, -0.1) is 0 Å². The van der Waals surface area contributed by atoms with E-state index in [1.807, 2.05) is 0 Å². The Balaban J connectivity index is 2.33. The van der Waals surface area contributed by atoms with Crippen LogP contribution in [0.1, 0.15) is 39.5 Å². The maximum atomic E-state index is 2.53. The Bertz CT molecular complexity index is 98.9. The lowest BCUT2D eigenvalue weighted by atomic mass is 10.1. The molecule has 0 aromatic carbocycles. The van der Waals surface area contributed by atoms with Gasteiger partial charge in [-0.25, -0.2) is 0 Å². The normalized spacial score (nSPS) is 35.1. The summed E-state index contributed by atoms with van der Waals surface area (Å²) in [5.41, 5.74) is 0. The lowest BCUT2D eigenvalue weighted by Gasteiger charge is -2.22. The number of rotatable bonds is 2. The van der Waals surface area contributed by atoms with Crippen LogP contribution in [0.2, 0.25) is 0 Å². The van der Waals surface area contributed by atoms with Crippen LogP contribution >= 0.6 is 0 Å². The first kappa shape index (κ1) is 8.06. The molecule has 0 radical (unpaired) electrons. The maximum absolute atomic E-state index is 2.53. The zero-order valence-corrected chi connectivity index (χ0v) is 7.43. The maximum Gasteiger partial charge on any atom is 0.00955 e. The Hall–Kier alpha value is -0.0400. The van der Waals surface area contributed by atoms with E-state index < -0.39 is 0 Å². The third-order valence-corrected chi connectivity index (χ3v) is 2.81. The molecule has 1 nitrogen and oxygen atoms in total. The Morgan fingerprint density at radius 1 is 1.40 bits per heavy atom. The van der Waals surface area contributed by atoms with Gasteiger partial charge in [-0.1, -0.05) is 13.3 Å². The molecule has 10 heavy (non-hydrogen) atoms. The fraction of sp³-hybridized carbons (Fsp3) is 1.00. The number of hydrogen-bond donors (Lipinski definition) is 0. The summed E-state index contributed by atoms with van der Waals surface area (Å²) in [6, 6.07) is 1.72. The molecule has 1 heterocycles. The van der Waals surface area contributed by atoms with Crippen LogP contribution in [-0.2, 0) is 0 Å². The van der Waals surface area contributed by atoms with E-state index in [9.17, 15) is 0 Å². The first-order valence-electron chi connectivity index (χ1n) is 4.47. The average molecular weight is 141 g/mol. The van der Waals surface area contributed by atoms with Gasteiger partial charge in [0.15, 0.2) is 0 Å². The predicted octanol–water partition coefficient (Wildman–Crippen LogP) is 2.27. The predicted molar refractivity (Wildman–Crippen MR) is 45.2 cm³/mol. The summed E-state index contributed by atoms with van der Waals surface area (Å²) in [7, 11) is 2.26. The lowest BCUT2D eigenvalue weighted by molar-refractivity contribution is 0.242. The molecule has 2 atom stereocenters. The van der Waals surface area contributed by atoms with Crippen LogP contribution < -0.4 is 0 Å². The van der Waals surface area contributed by atoms with E-state index in [0.29, 0.717) is 0 Å². The molecule has 0 amide bonds. The second kappa shape index (κ2) is 3.38. The Morgan fingerprint density at radius 3 is 2.50 bits per heavy atom. The molecule has 1 fully saturated rings. The van der Waals surface area contributed by atoms with Crippen molar-refractivity contribution in [2.45, 2.75) is 51.6 Å². The minimum Gasteiger partial charge on any atom is -0.301 e. The van der Waals surface area contributed by atoms with Crippen LogP contribution in [0.4, 0.5) is 0 Å². The SMILES string of the molecule is CCCC1CCC(C)N1C. The first-order chi connectivity index (χ1) is 4.75. The van der Waals surface area contributed by atoms with Crippen LogP contribution in [0, 0.1) is 0 Å². The first-order valence-corrected chi connectivity index (χ1v) is 4.47. The van der Waals surface area contributed by atoms with Crippen molar-refractivity contribution in [3.63, 3.8) is 0 Å². The van der Waals surface area contributed by atoms with E-state index in [-0.39, 0.29) is 0 Å². The molecule has 0 aliphatic carbocycles. The zero-order chi connectivity index (χ0) is 7.56. The van der Waals surface area contributed by atoms with Crippen molar-refractivity contribution in [1.82, 2.24) is 4.90 Å². The minimum atomic E-state index is 0.830. The summed E-state index contributed by atoms with van der Waals surface area (Å²) in [5, 5.41) is 0. The molecule has 1 aliphatic heterocycles. The van der Waals surface area contributed by atoms with E-state index in [4.69, 9.17) is 0 Å². The van der Waals surface area contributed by atoms with Gasteiger partial charge in [-0.05, 0) is 33.2 Å². The van der Waals surface area contributed by atoms with Gasteiger partial charge in [0.25, 0.3) is 0 Å². The third kappa shape index (κ3) is 1.51. The third-order valence-electron chi connectivity index (χ3n) is 2.81. The molecule has 1 rings (SSSR count). The number of likely N-dealkylation sites (tertiary alicyclic amines) is 1. The van der Waals surface area contributed by atoms with Crippen LogP contribution in [0.25, 0.3) is 0 Å². The largest absolute Gasteiger partial charge is 0.301 e. The van der Waals surface area contributed by atoms with E-state index >= 15 is 0 Å². The van der Waals surface area contributed by atoms with E-state index in [0.717, 1.165) is 12.1 Å². The van der Waals surface area contributed by atoms with Gasteiger partial charge in [0.05, 0.1) is 0 Å². The van der Waals surface area contributed by atoms with Crippen molar-refractivity contribution >= 4 is 0 Å². The number of hydrogen-bond acceptors (Lipinski definition) is 1. The molecule has 0 spiro atoms. The Labute approximate surface area is 64.4 Å².